The molecule has 3 rings (SSSR count). The van der Waals surface area contributed by atoms with Crippen LogP contribution in [0.25, 0.3) is 0 Å². The number of ether oxygens (including phenoxy) is 2. The molecule has 0 radical (unpaired) electrons. The van der Waals surface area contributed by atoms with Crippen LogP contribution < -0.4 is 20.1 Å². The predicted molar refractivity (Wildman–Crippen MR) is 79.3 cm³/mol. The molecule has 0 unspecified atom stereocenters. The van der Waals surface area contributed by atoms with E-state index in [1.54, 1.807) is 18.2 Å². The van der Waals surface area contributed by atoms with Crippen LogP contribution in [0, 0.1) is 0 Å². The molecule has 2 N–H and O–H groups in total. The first-order valence-electron chi connectivity index (χ1n) is 5.94. The fourth-order valence-corrected chi connectivity index (χ4v) is 2.07. The minimum absolute atomic E-state index is 0.212. The maximum atomic E-state index is 11.9. The second-order valence-corrected chi connectivity index (χ2v) is 5.07. The van der Waals surface area contributed by atoms with Crippen LogP contribution >= 0.6 is 15.9 Å². The Labute approximate surface area is 124 Å². The Morgan fingerprint density at radius 3 is 2.40 bits per heavy atom. The van der Waals surface area contributed by atoms with Crippen molar-refractivity contribution >= 4 is 33.3 Å². The molecule has 5 nitrogen and oxygen atoms in total. The summed E-state index contributed by atoms with van der Waals surface area (Å²) in [6.07, 6.45) is 0. The summed E-state index contributed by atoms with van der Waals surface area (Å²) >= 11 is 3.34. The molecular weight excluding hydrogens is 324 g/mol. The minimum Gasteiger partial charge on any atom is -0.454 e. The number of hydrogen-bond acceptors (Lipinski definition) is 3. The van der Waals surface area contributed by atoms with Gasteiger partial charge in [-0.05, 0) is 36.4 Å². The number of rotatable bonds is 2. The van der Waals surface area contributed by atoms with E-state index >= 15 is 0 Å². The molecule has 0 aromatic heterocycles. The van der Waals surface area contributed by atoms with Crippen LogP contribution in [0.1, 0.15) is 0 Å². The van der Waals surface area contributed by atoms with Crippen LogP contribution in [0.2, 0.25) is 0 Å². The first-order valence-corrected chi connectivity index (χ1v) is 6.73. The molecule has 0 saturated heterocycles. The van der Waals surface area contributed by atoms with E-state index in [2.05, 4.69) is 26.6 Å². The zero-order chi connectivity index (χ0) is 13.9. The number of carbonyl (C=O) groups excluding carboxylic acids is 1. The van der Waals surface area contributed by atoms with Gasteiger partial charge >= 0.3 is 6.03 Å². The van der Waals surface area contributed by atoms with Crippen LogP contribution in [-0.4, -0.2) is 12.8 Å². The van der Waals surface area contributed by atoms with Crippen LogP contribution in [0.3, 0.4) is 0 Å². The Hall–Kier alpha value is -2.21. The van der Waals surface area contributed by atoms with E-state index in [-0.39, 0.29) is 12.8 Å². The number of urea groups is 1. The standard InChI is InChI=1S/C14H11BrN2O3/c15-9-1-3-10(4-2-9)16-14(18)17-11-5-6-12-13(7-11)20-8-19-12/h1-7H,8H2,(H2,16,17,18). The van der Waals surface area contributed by atoms with Crippen molar-refractivity contribution in [1.29, 1.82) is 0 Å². The topological polar surface area (TPSA) is 59.6 Å². The van der Waals surface area contributed by atoms with Crippen molar-refractivity contribution in [3.8, 4) is 11.5 Å². The van der Waals surface area contributed by atoms with Gasteiger partial charge in [-0.2, -0.15) is 0 Å². The Balaban J connectivity index is 1.65. The zero-order valence-corrected chi connectivity index (χ0v) is 11.9. The SMILES string of the molecule is O=C(Nc1ccc(Br)cc1)Nc1ccc2c(c1)OCO2. The van der Waals surface area contributed by atoms with Gasteiger partial charge in [-0.25, -0.2) is 4.79 Å². The lowest BCUT2D eigenvalue weighted by atomic mass is 10.3. The molecule has 2 aromatic carbocycles. The summed E-state index contributed by atoms with van der Waals surface area (Å²) in [5.74, 6) is 1.32. The number of benzene rings is 2. The Bertz CT molecular complexity index is 643. The van der Waals surface area contributed by atoms with E-state index in [9.17, 15) is 4.79 Å². The molecule has 0 fully saturated rings. The van der Waals surface area contributed by atoms with Crippen molar-refractivity contribution in [3.63, 3.8) is 0 Å². The zero-order valence-electron chi connectivity index (χ0n) is 10.4. The lowest BCUT2D eigenvalue weighted by Crippen LogP contribution is -2.19. The first kappa shape index (κ1) is 12.8. The molecule has 0 atom stereocenters. The third-order valence-corrected chi connectivity index (χ3v) is 3.26. The van der Waals surface area contributed by atoms with Crippen molar-refractivity contribution < 1.29 is 14.3 Å². The maximum Gasteiger partial charge on any atom is 0.323 e. The highest BCUT2D eigenvalue weighted by molar-refractivity contribution is 9.10. The van der Waals surface area contributed by atoms with E-state index < -0.39 is 0 Å². The molecule has 0 aliphatic carbocycles. The van der Waals surface area contributed by atoms with Crippen LogP contribution in [0.15, 0.2) is 46.9 Å². The number of nitrogens with one attached hydrogen (secondary N) is 2. The van der Waals surface area contributed by atoms with Crippen molar-refractivity contribution in [2.24, 2.45) is 0 Å². The maximum absolute atomic E-state index is 11.9. The van der Waals surface area contributed by atoms with Gasteiger partial charge in [0.2, 0.25) is 6.79 Å². The second-order valence-electron chi connectivity index (χ2n) is 4.15. The number of carbonyl (C=O) groups is 1. The summed E-state index contributed by atoms with van der Waals surface area (Å²) in [5.41, 5.74) is 1.36. The minimum atomic E-state index is -0.314. The fourth-order valence-electron chi connectivity index (χ4n) is 1.80. The third-order valence-electron chi connectivity index (χ3n) is 2.73. The predicted octanol–water partition coefficient (Wildman–Crippen LogP) is 3.82. The van der Waals surface area contributed by atoms with Gasteiger partial charge in [0, 0.05) is 21.9 Å². The number of hydrogen-bond donors (Lipinski definition) is 2. The van der Waals surface area contributed by atoms with E-state index in [1.165, 1.54) is 0 Å². The molecule has 2 amide bonds. The Morgan fingerprint density at radius 2 is 1.60 bits per heavy atom. The van der Waals surface area contributed by atoms with Crippen LogP contribution in [0.4, 0.5) is 16.2 Å². The average Bonchev–Trinajstić information content (AvgIpc) is 2.89. The largest absolute Gasteiger partial charge is 0.454 e. The van der Waals surface area contributed by atoms with Crippen LogP contribution in [-0.2, 0) is 0 Å². The Kier molecular flexibility index (Phi) is 3.47. The summed E-state index contributed by atoms with van der Waals surface area (Å²) in [5, 5.41) is 5.48. The highest BCUT2D eigenvalue weighted by Crippen LogP contribution is 2.34. The molecule has 6 heteroatoms. The first-order chi connectivity index (χ1) is 9.70. The van der Waals surface area contributed by atoms with Gasteiger partial charge in [-0.15, -0.1) is 0 Å². The van der Waals surface area contributed by atoms with Crippen molar-refractivity contribution in [2.45, 2.75) is 0 Å². The lowest BCUT2D eigenvalue weighted by molar-refractivity contribution is 0.174. The van der Waals surface area contributed by atoms with E-state index in [0.29, 0.717) is 22.9 Å². The number of anilines is 2. The molecule has 1 aliphatic heterocycles. The molecule has 1 heterocycles. The number of amides is 2. The fraction of sp³-hybridized carbons (Fsp3) is 0.0714. The molecule has 102 valence electrons. The van der Waals surface area contributed by atoms with Gasteiger partial charge < -0.3 is 20.1 Å². The average molecular weight is 335 g/mol. The number of fused-ring (bicyclic) bond motifs is 1. The quantitative estimate of drug-likeness (QED) is 0.877. The van der Waals surface area contributed by atoms with E-state index in [4.69, 9.17) is 9.47 Å². The normalized spacial score (nSPS) is 12.1. The smallest absolute Gasteiger partial charge is 0.323 e. The van der Waals surface area contributed by atoms with Gasteiger partial charge in [-0.1, -0.05) is 15.9 Å². The second kappa shape index (κ2) is 5.42. The molecular formula is C14H11BrN2O3. The van der Waals surface area contributed by atoms with Crippen molar-refractivity contribution in [2.75, 3.05) is 17.4 Å². The summed E-state index contributed by atoms with van der Waals surface area (Å²) in [7, 11) is 0. The molecule has 1 aliphatic rings. The summed E-state index contributed by atoms with van der Waals surface area (Å²) in [4.78, 5) is 11.9. The van der Waals surface area contributed by atoms with Gasteiger partial charge in [0.25, 0.3) is 0 Å². The molecule has 0 bridgehead atoms. The molecule has 20 heavy (non-hydrogen) atoms. The van der Waals surface area contributed by atoms with Crippen molar-refractivity contribution in [1.82, 2.24) is 0 Å². The van der Waals surface area contributed by atoms with E-state index in [1.807, 2.05) is 24.3 Å². The lowest BCUT2D eigenvalue weighted by Gasteiger charge is -2.08. The van der Waals surface area contributed by atoms with Gasteiger partial charge in [0.1, 0.15) is 0 Å². The van der Waals surface area contributed by atoms with Crippen LogP contribution in [0.5, 0.6) is 11.5 Å². The molecule has 0 saturated carbocycles. The summed E-state index contributed by atoms with van der Waals surface area (Å²) in [6, 6.07) is 12.3. The highest BCUT2D eigenvalue weighted by atomic mass is 79.9. The van der Waals surface area contributed by atoms with Gasteiger partial charge in [0.05, 0.1) is 0 Å². The highest BCUT2D eigenvalue weighted by Gasteiger charge is 2.14. The number of halogens is 1. The molecule has 2 aromatic rings. The molecule has 0 spiro atoms. The third kappa shape index (κ3) is 2.85. The van der Waals surface area contributed by atoms with Crippen molar-refractivity contribution in [3.05, 3.63) is 46.9 Å². The van der Waals surface area contributed by atoms with E-state index in [0.717, 1.165) is 4.47 Å². The van der Waals surface area contributed by atoms with Gasteiger partial charge in [-0.3, -0.25) is 0 Å². The monoisotopic (exact) mass is 334 g/mol. The Morgan fingerprint density at radius 1 is 0.950 bits per heavy atom. The summed E-state index contributed by atoms with van der Waals surface area (Å²) in [6.45, 7) is 0.212. The summed E-state index contributed by atoms with van der Waals surface area (Å²) < 4.78 is 11.4. The van der Waals surface area contributed by atoms with Gasteiger partial charge in [0.15, 0.2) is 11.5 Å².